The highest BCUT2D eigenvalue weighted by atomic mass is 19.1. The van der Waals surface area contributed by atoms with Crippen LogP contribution in [0, 0.1) is 5.82 Å². The standard InChI is InChI=1S/C16H21FN2O2/c1-4-8-19(9-5-2)11-13-6-7-14(17)15(10-13)18(3)12-16(20)21/h4-7,10H,1-2,8-9,11-12H2,3H3,(H,20,21). The second-order valence-electron chi connectivity index (χ2n) is 4.81. The molecule has 0 radical (unpaired) electrons. The summed E-state index contributed by atoms with van der Waals surface area (Å²) in [5.74, 6) is -1.43. The maximum atomic E-state index is 13.8. The number of carboxylic acid groups (broad SMARTS) is 1. The highest BCUT2D eigenvalue weighted by molar-refractivity contribution is 5.73. The number of anilines is 1. The van der Waals surface area contributed by atoms with Crippen molar-refractivity contribution in [2.75, 3.05) is 31.6 Å². The van der Waals surface area contributed by atoms with Gasteiger partial charge in [-0.15, -0.1) is 13.2 Å². The van der Waals surface area contributed by atoms with Crippen molar-refractivity contribution in [1.82, 2.24) is 4.90 Å². The van der Waals surface area contributed by atoms with E-state index in [0.29, 0.717) is 19.6 Å². The average Bonchev–Trinajstić information content (AvgIpc) is 2.40. The minimum atomic E-state index is -0.998. The summed E-state index contributed by atoms with van der Waals surface area (Å²) in [6.45, 7) is 9.18. The average molecular weight is 292 g/mol. The first-order valence-electron chi connectivity index (χ1n) is 6.63. The van der Waals surface area contributed by atoms with E-state index in [9.17, 15) is 9.18 Å². The summed E-state index contributed by atoms with van der Waals surface area (Å²) in [4.78, 5) is 14.2. The number of hydrogen-bond acceptors (Lipinski definition) is 3. The monoisotopic (exact) mass is 292 g/mol. The lowest BCUT2D eigenvalue weighted by atomic mass is 10.1. The van der Waals surface area contributed by atoms with Crippen molar-refractivity contribution in [3.8, 4) is 0 Å². The zero-order chi connectivity index (χ0) is 15.8. The lowest BCUT2D eigenvalue weighted by molar-refractivity contribution is -0.135. The molecule has 1 aromatic carbocycles. The second-order valence-corrected chi connectivity index (χ2v) is 4.81. The number of carboxylic acids is 1. The summed E-state index contributed by atoms with van der Waals surface area (Å²) in [5, 5.41) is 8.80. The van der Waals surface area contributed by atoms with Crippen molar-refractivity contribution in [3.05, 3.63) is 54.9 Å². The quantitative estimate of drug-likeness (QED) is 0.710. The molecule has 0 amide bonds. The molecule has 5 heteroatoms. The molecule has 1 N–H and O–H groups in total. The third-order valence-electron chi connectivity index (χ3n) is 2.98. The van der Waals surface area contributed by atoms with Gasteiger partial charge in [0, 0.05) is 26.7 Å². The normalized spacial score (nSPS) is 10.4. The van der Waals surface area contributed by atoms with E-state index in [2.05, 4.69) is 18.1 Å². The molecule has 1 aromatic rings. The first-order valence-corrected chi connectivity index (χ1v) is 6.63. The zero-order valence-electron chi connectivity index (χ0n) is 12.3. The largest absolute Gasteiger partial charge is 0.480 e. The van der Waals surface area contributed by atoms with E-state index < -0.39 is 11.8 Å². The number of halogens is 1. The molecule has 114 valence electrons. The predicted molar refractivity (Wildman–Crippen MR) is 83.0 cm³/mol. The molecular weight excluding hydrogens is 271 g/mol. The van der Waals surface area contributed by atoms with Crippen LogP contribution in [0.25, 0.3) is 0 Å². The molecule has 0 aromatic heterocycles. The van der Waals surface area contributed by atoms with E-state index in [0.717, 1.165) is 5.56 Å². The molecule has 21 heavy (non-hydrogen) atoms. The van der Waals surface area contributed by atoms with Crippen LogP contribution in [0.2, 0.25) is 0 Å². The SMILES string of the molecule is C=CCN(CC=C)Cc1ccc(F)c(N(C)CC(=O)O)c1. The van der Waals surface area contributed by atoms with E-state index in [4.69, 9.17) is 5.11 Å². The Morgan fingerprint density at radius 2 is 1.95 bits per heavy atom. The van der Waals surface area contributed by atoms with Gasteiger partial charge >= 0.3 is 5.97 Å². The minimum Gasteiger partial charge on any atom is -0.480 e. The van der Waals surface area contributed by atoms with Crippen LogP contribution in [0.4, 0.5) is 10.1 Å². The van der Waals surface area contributed by atoms with Crippen LogP contribution in [0.3, 0.4) is 0 Å². The number of benzene rings is 1. The van der Waals surface area contributed by atoms with Crippen LogP contribution in [0.5, 0.6) is 0 Å². The van der Waals surface area contributed by atoms with Gasteiger partial charge in [-0.3, -0.25) is 9.69 Å². The van der Waals surface area contributed by atoms with Crippen LogP contribution in [0.1, 0.15) is 5.56 Å². The number of nitrogens with zero attached hydrogens (tertiary/aromatic N) is 2. The minimum absolute atomic E-state index is 0.247. The Balaban J connectivity index is 2.91. The molecule has 0 unspecified atom stereocenters. The summed E-state index contributed by atoms with van der Waals surface area (Å²) in [6.07, 6.45) is 3.59. The summed E-state index contributed by atoms with van der Waals surface area (Å²) >= 11 is 0. The van der Waals surface area contributed by atoms with E-state index in [-0.39, 0.29) is 12.2 Å². The molecule has 4 nitrogen and oxygen atoms in total. The summed E-state index contributed by atoms with van der Waals surface area (Å²) in [7, 11) is 1.56. The van der Waals surface area contributed by atoms with Gasteiger partial charge in [0.1, 0.15) is 12.4 Å². The van der Waals surface area contributed by atoms with Gasteiger partial charge in [-0.05, 0) is 17.7 Å². The fraction of sp³-hybridized carbons (Fsp3) is 0.312. The number of rotatable bonds is 9. The van der Waals surface area contributed by atoms with E-state index in [1.54, 1.807) is 31.3 Å². The molecule has 0 aliphatic heterocycles. The fourth-order valence-corrected chi connectivity index (χ4v) is 2.06. The Morgan fingerprint density at radius 1 is 1.33 bits per heavy atom. The molecule has 0 spiro atoms. The Bertz CT molecular complexity index is 507. The smallest absolute Gasteiger partial charge is 0.323 e. The lowest BCUT2D eigenvalue weighted by Crippen LogP contribution is -2.27. The number of carbonyl (C=O) groups is 1. The number of likely N-dealkylation sites (N-methyl/N-ethyl adjacent to an activating group) is 1. The highest BCUT2D eigenvalue weighted by Crippen LogP contribution is 2.20. The van der Waals surface area contributed by atoms with Gasteiger partial charge in [0.2, 0.25) is 0 Å². The summed E-state index contributed by atoms with van der Waals surface area (Å²) in [5.41, 5.74) is 1.19. The van der Waals surface area contributed by atoms with Crippen molar-refractivity contribution < 1.29 is 14.3 Å². The van der Waals surface area contributed by atoms with Crippen LogP contribution in [-0.4, -0.2) is 42.7 Å². The van der Waals surface area contributed by atoms with Crippen LogP contribution >= 0.6 is 0 Å². The Morgan fingerprint density at radius 3 is 2.48 bits per heavy atom. The topological polar surface area (TPSA) is 43.8 Å². The second kappa shape index (κ2) is 8.21. The molecule has 0 fully saturated rings. The van der Waals surface area contributed by atoms with Crippen LogP contribution in [0.15, 0.2) is 43.5 Å². The number of hydrogen-bond donors (Lipinski definition) is 1. The summed E-state index contributed by atoms with van der Waals surface area (Å²) in [6, 6.07) is 4.74. The molecule has 1 rings (SSSR count). The molecular formula is C16H21FN2O2. The van der Waals surface area contributed by atoms with Gasteiger partial charge in [-0.25, -0.2) is 4.39 Å². The summed E-state index contributed by atoms with van der Waals surface area (Å²) < 4.78 is 13.8. The maximum Gasteiger partial charge on any atom is 0.323 e. The lowest BCUT2D eigenvalue weighted by Gasteiger charge is -2.22. The van der Waals surface area contributed by atoms with Gasteiger partial charge in [-0.2, -0.15) is 0 Å². The molecule has 0 bridgehead atoms. The van der Waals surface area contributed by atoms with E-state index in [1.807, 2.05) is 0 Å². The fourth-order valence-electron chi connectivity index (χ4n) is 2.06. The molecule has 0 saturated carbocycles. The van der Waals surface area contributed by atoms with Crippen molar-refractivity contribution in [2.24, 2.45) is 0 Å². The van der Waals surface area contributed by atoms with Gasteiger partial charge in [-0.1, -0.05) is 18.2 Å². The third kappa shape index (κ3) is 5.39. The van der Waals surface area contributed by atoms with Crippen molar-refractivity contribution >= 4 is 11.7 Å². The zero-order valence-corrected chi connectivity index (χ0v) is 12.3. The molecule has 0 atom stereocenters. The highest BCUT2D eigenvalue weighted by Gasteiger charge is 2.12. The van der Waals surface area contributed by atoms with Gasteiger partial charge in [0.05, 0.1) is 5.69 Å². The number of aliphatic carboxylic acids is 1. The predicted octanol–water partition coefficient (Wildman–Crippen LogP) is 2.52. The molecule has 0 aliphatic rings. The van der Waals surface area contributed by atoms with Crippen LogP contribution < -0.4 is 4.90 Å². The van der Waals surface area contributed by atoms with Gasteiger partial charge in [0.25, 0.3) is 0 Å². The Labute approximate surface area is 124 Å². The van der Waals surface area contributed by atoms with E-state index >= 15 is 0 Å². The molecule has 0 saturated heterocycles. The maximum absolute atomic E-state index is 13.8. The van der Waals surface area contributed by atoms with Crippen molar-refractivity contribution in [3.63, 3.8) is 0 Å². The van der Waals surface area contributed by atoms with Gasteiger partial charge < -0.3 is 10.0 Å². The van der Waals surface area contributed by atoms with Crippen LogP contribution in [-0.2, 0) is 11.3 Å². The Hall–Kier alpha value is -2.14. The van der Waals surface area contributed by atoms with Crippen molar-refractivity contribution in [1.29, 1.82) is 0 Å². The molecule has 0 heterocycles. The third-order valence-corrected chi connectivity index (χ3v) is 2.98. The Kier molecular flexibility index (Phi) is 6.62. The first-order chi connectivity index (χ1) is 9.97. The van der Waals surface area contributed by atoms with Crippen molar-refractivity contribution in [2.45, 2.75) is 6.54 Å². The first kappa shape index (κ1) is 16.9. The van der Waals surface area contributed by atoms with E-state index in [1.165, 1.54) is 11.0 Å². The van der Waals surface area contributed by atoms with Gasteiger partial charge in [0.15, 0.2) is 0 Å². The molecule has 0 aliphatic carbocycles.